The summed E-state index contributed by atoms with van der Waals surface area (Å²) >= 11 is 0. The van der Waals surface area contributed by atoms with Crippen molar-refractivity contribution < 1.29 is 9.59 Å². The molecule has 0 radical (unpaired) electrons. The van der Waals surface area contributed by atoms with Crippen molar-refractivity contribution in [3.05, 3.63) is 41.2 Å². The molecule has 2 atom stereocenters. The van der Waals surface area contributed by atoms with Gasteiger partial charge >= 0.3 is 6.03 Å². The topological polar surface area (TPSA) is 59.5 Å². The van der Waals surface area contributed by atoms with Crippen LogP contribution < -0.4 is 4.90 Å². The minimum Gasteiger partial charge on any atom is -0.302 e. The molecule has 3 aliphatic heterocycles. The van der Waals surface area contributed by atoms with E-state index < -0.39 is 12.2 Å². The number of urea groups is 1. The standard InChI is InChI=1S/C21H27N5O2/c1-12(2)10-25-19(27)17-18(23(6)21(25)28)22-20-24(17)11-15(5)26(20)16-8-7-13(3)9-14(16)4/h7-9,11-12,17-18H,10H2,1-6H3. The lowest BCUT2D eigenvalue weighted by Crippen LogP contribution is -2.64. The third kappa shape index (κ3) is 2.60. The summed E-state index contributed by atoms with van der Waals surface area (Å²) in [5, 5.41) is 0. The van der Waals surface area contributed by atoms with E-state index in [2.05, 4.69) is 36.9 Å². The van der Waals surface area contributed by atoms with E-state index >= 15 is 0 Å². The number of nitrogens with zero attached hydrogens (tertiary/aromatic N) is 5. The molecule has 4 rings (SSSR count). The van der Waals surface area contributed by atoms with E-state index in [1.165, 1.54) is 10.5 Å². The monoisotopic (exact) mass is 381 g/mol. The molecule has 7 heteroatoms. The second kappa shape index (κ2) is 6.36. The van der Waals surface area contributed by atoms with E-state index in [0.717, 1.165) is 16.9 Å². The predicted octanol–water partition coefficient (Wildman–Crippen LogP) is 2.90. The summed E-state index contributed by atoms with van der Waals surface area (Å²) in [6.07, 6.45) is 1.47. The SMILES string of the molecule is CC1=CN2C(=NC3C2C(=O)N(CC(C)C)C(=O)N3C)N1c1ccc(C)cc1C. The normalized spacial score (nSPS) is 24.1. The van der Waals surface area contributed by atoms with Crippen LogP contribution in [0.25, 0.3) is 0 Å². The Bertz CT molecular complexity index is 919. The molecule has 0 aromatic heterocycles. The molecule has 7 nitrogen and oxygen atoms in total. The first-order valence-corrected chi connectivity index (χ1v) is 9.71. The fourth-order valence-electron chi connectivity index (χ4n) is 4.24. The van der Waals surface area contributed by atoms with Gasteiger partial charge < -0.3 is 9.80 Å². The minimum absolute atomic E-state index is 0.174. The zero-order chi connectivity index (χ0) is 20.3. The largest absolute Gasteiger partial charge is 0.328 e. The minimum atomic E-state index is -0.512. The molecule has 3 aliphatic rings. The van der Waals surface area contributed by atoms with Crippen LogP contribution in [0.1, 0.15) is 31.9 Å². The molecule has 1 saturated heterocycles. The van der Waals surface area contributed by atoms with Crippen molar-refractivity contribution in [3.8, 4) is 0 Å². The van der Waals surface area contributed by atoms with Crippen molar-refractivity contribution in [1.82, 2.24) is 14.7 Å². The molecule has 0 N–H and O–H groups in total. The van der Waals surface area contributed by atoms with Crippen LogP contribution in [0.3, 0.4) is 0 Å². The zero-order valence-corrected chi connectivity index (χ0v) is 17.3. The summed E-state index contributed by atoms with van der Waals surface area (Å²) in [4.78, 5) is 37.7. The fraction of sp³-hybridized carbons (Fsp3) is 0.476. The Kier molecular flexibility index (Phi) is 4.21. The van der Waals surface area contributed by atoms with E-state index in [4.69, 9.17) is 4.99 Å². The number of likely N-dealkylation sites (N-methyl/N-ethyl adjacent to an activating group) is 1. The average Bonchev–Trinajstić information content (AvgIpc) is 3.12. The smallest absolute Gasteiger partial charge is 0.302 e. The summed E-state index contributed by atoms with van der Waals surface area (Å²) in [6, 6.07) is 5.51. The maximum atomic E-state index is 13.2. The second-order valence-corrected chi connectivity index (χ2v) is 8.33. The number of hydrogen-bond donors (Lipinski definition) is 0. The summed E-state index contributed by atoms with van der Waals surface area (Å²) in [6.45, 7) is 10.6. The van der Waals surface area contributed by atoms with E-state index in [-0.39, 0.29) is 17.9 Å². The number of rotatable bonds is 3. The first-order valence-electron chi connectivity index (χ1n) is 9.71. The highest BCUT2D eigenvalue weighted by Crippen LogP contribution is 2.37. The number of imide groups is 1. The Labute approximate surface area is 165 Å². The molecule has 0 aliphatic carbocycles. The maximum Gasteiger partial charge on any atom is 0.328 e. The van der Waals surface area contributed by atoms with Gasteiger partial charge in [-0.25, -0.2) is 9.79 Å². The quantitative estimate of drug-likeness (QED) is 0.808. The van der Waals surface area contributed by atoms with Gasteiger partial charge in [0.05, 0.1) is 5.69 Å². The number of hydrogen-bond acceptors (Lipinski definition) is 5. The second-order valence-electron chi connectivity index (χ2n) is 8.33. The van der Waals surface area contributed by atoms with Crippen LogP contribution in [-0.2, 0) is 4.79 Å². The van der Waals surface area contributed by atoms with Gasteiger partial charge in [-0.05, 0) is 38.3 Å². The van der Waals surface area contributed by atoms with Gasteiger partial charge in [-0.15, -0.1) is 0 Å². The number of aryl methyl sites for hydroxylation is 2. The highest BCUT2D eigenvalue weighted by Gasteiger charge is 2.54. The van der Waals surface area contributed by atoms with E-state index in [1.54, 1.807) is 11.9 Å². The van der Waals surface area contributed by atoms with Gasteiger partial charge in [0.2, 0.25) is 5.96 Å². The number of carbonyl (C=O) groups excluding carboxylic acids is 2. The highest BCUT2D eigenvalue weighted by atomic mass is 16.2. The summed E-state index contributed by atoms with van der Waals surface area (Å²) in [5.41, 5.74) is 4.39. The molecular weight excluding hydrogens is 354 g/mol. The first-order chi connectivity index (χ1) is 13.2. The molecular formula is C21H27N5O2. The van der Waals surface area contributed by atoms with Crippen molar-refractivity contribution in [2.45, 2.75) is 46.8 Å². The van der Waals surface area contributed by atoms with Crippen LogP contribution in [0, 0.1) is 19.8 Å². The Hall–Kier alpha value is -2.83. The van der Waals surface area contributed by atoms with Crippen LogP contribution in [0.2, 0.25) is 0 Å². The van der Waals surface area contributed by atoms with E-state index in [9.17, 15) is 9.59 Å². The van der Waals surface area contributed by atoms with Crippen molar-refractivity contribution in [1.29, 1.82) is 0 Å². The van der Waals surface area contributed by atoms with Crippen LogP contribution >= 0.6 is 0 Å². The van der Waals surface area contributed by atoms with Crippen LogP contribution in [0.5, 0.6) is 0 Å². The van der Waals surface area contributed by atoms with E-state index in [0.29, 0.717) is 12.5 Å². The number of allylic oxidation sites excluding steroid dienone is 1. The molecule has 28 heavy (non-hydrogen) atoms. The number of guanidine groups is 1. The molecule has 3 amide bonds. The Morgan fingerprint density at radius 1 is 1.14 bits per heavy atom. The lowest BCUT2D eigenvalue weighted by atomic mass is 10.1. The van der Waals surface area contributed by atoms with Gasteiger partial charge in [0, 0.05) is 25.5 Å². The van der Waals surface area contributed by atoms with Crippen LogP contribution in [0.4, 0.5) is 10.5 Å². The number of fused-ring (bicyclic) bond motifs is 3. The molecule has 1 aromatic carbocycles. The molecule has 3 heterocycles. The third-order valence-electron chi connectivity index (χ3n) is 5.53. The molecule has 1 aromatic rings. The van der Waals surface area contributed by atoms with Gasteiger partial charge in [0.1, 0.15) is 0 Å². The van der Waals surface area contributed by atoms with Crippen molar-refractivity contribution in [2.75, 3.05) is 18.5 Å². The Balaban J connectivity index is 1.73. The lowest BCUT2D eigenvalue weighted by Gasteiger charge is -2.40. The molecule has 0 bridgehead atoms. The van der Waals surface area contributed by atoms with Crippen LogP contribution in [0.15, 0.2) is 35.1 Å². The maximum absolute atomic E-state index is 13.2. The molecule has 0 spiro atoms. The summed E-state index contributed by atoms with van der Waals surface area (Å²) in [5.74, 6) is 0.744. The van der Waals surface area contributed by atoms with Gasteiger partial charge in [0.15, 0.2) is 12.2 Å². The molecule has 1 fully saturated rings. The van der Waals surface area contributed by atoms with Gasteiger partial charge in [-0.2, -0.15) is 0 Å². The molecule has 0 saturated carbocycles. The predicted molar refractivity (Wildman–Crippen MR) is 109 cm³/mol. The highest BCUT2D eigenvalue weighted by molar-refractivity contribution is 6.10. The summed E-state index contributed by atoms with van der Waals surface area (Å²) < 4.78 is 0. The third-order valence-corrected chi connectivity index (χ3v) is 5.53. The van der Waals surface area contributed by atoms with Crippen LogP contribution in [-0.4, -0.2) is 58.4 Å². The van der Waals surface area contributed by atoms with Crippen molar-refractivity contribution >= 4 is 23.6 Å². The first kappa shape index (κ1) is 18.5. The summed E-state index contributed by atoms with van der Waals surface area (Å²) in [7, 11) is 1.73. The van der Waals surface area contributed by atoms with Gasteiger partial charge in [-0.1, -0.05) is 31.5 Å². The number of carbonyl (C=O) groups is 2. The number of amides is 3. The number of anilines is 1. The van der Waals surface area contributed by atoms with Gasteiger partial charge in [0.25, 0.3) is 5.91 Å². The zero-order valence-electron chi connectivity index (χ0n) is 17.3. The lowest BCUT2D eigenvalue weighted by molar-refractivity contribution is -0.137. The van der Waals surface area contributed by atoms with Gasteiger partial charge in [-0.3, -0.25) is 14.6 Å². The van der Waals surface area contributed by atoms with Crippen molar-refractivity contribution in [3.63, 3.8) is 0 Å². The molecule has 148 valence electrons. The number of benzene rings is 1. The van der Waals surface area contributed by atoms with Crippen molar-refractivity contribution in [2.24, 2.45) is 10.9 Å². The average molecular weight is 381 g/mol. The fourth-order valence-corrected chi connectivity index (χ4v) is 4.24. The Morgan fingerprint density at radius 3 is 2.50 bits per heavy atom. The number of aliphatic imine (C=N–C) groups is 1. The Morgan fingerprint density at radius 2 is 1.86 bits per heavy atom. The van der Waals surface area contributed by atoms with E-state index in [1.807, 2.05) is 31.9 Å². The molecule has 2 unspecified atom stereocenters.